The maximum absolute atomic E-state index is 11.4. The predicted molar refractivity (Wildman–Crippen MR) is 61.3 cm³/mol. The molecule has 0 aliphatic carbocycles. The highest BCUT2D eigenvalue weighted by atomic mass is 32.1. The first-order valence-electron chi connectivity index (χ1n) is 4.82. The molecule has 0 aromatic carbocycles. The monoisotopic (exact) mass is 223 g/mol. The smallest absolute Gasteiger partial charge is 0.228 e. The summed E-state index contributed by atoms with van der Waals surface area (Å²) in [5.41, 5.74) is 1.08. The maximum Gasteiger partial charge on any atom is 0.228 e. The van der Waals surface area contributed by atoms with Crippen LogP contribution in [0.5, 0.6) is 0 Å². The molecule has 2 rings (SSSR count). The van der Waals surface area contributed by atoms with Crippen molar-refractivity contribution in [3.05, 3.63) is 17.1 Å². The SMILES string of the molecule is Cc1csc2cc(NC(=O)C(C)C)nn12. The summed E-state index contributed by atoms with van der Waals surface area (Å²) in [4.78, 5) is 12.5. The van der Waals surface area contributed by atoms with Gasteiger partial charge in [0.15, 0.2) is 5.82 Å². The third-order valence-electron chi connectivity index (χ3n) is 2.14. The van der Waals surface area contributed by atoms with Gasteiger partial charge in [-0.15, -0.1) is 16.4 Å². The Morgan fingerprint density at radius 3 is 2.93 bits per heavy atom. The van der Waals surface area contributed by atoms with E-state index in [0.29, 0.717) is 5.82 Å². The maximum atomic E-state index is 11.4. The number of anilines is 1. The van der Waals surface area contributed by atoms with Gasteiger partial charge in [-0.2, -0.15) is 0 Å². The van der Waals surface area contributed by atoms with Crippen molar-refractivity contribution in [1.82, 2.24) is 9.61 Å². The highest BCUT2D eigenvalue weighted by Crippen LogP contribution is 2.19. The van der Waals surface area contributed by atoms with Crippen LogP contribution in [-0.2, 0) is 4.79 Å². The summed E-state index contributed by atoms with van der Waals surface area (Å²) in [5, 5.41) is 9.11. The average Bonchev–Trinajstić information content (AvgIpc) is 2.69. The van der Waals surface area contributed by atoms with Crippen molar-refractivity contribution in [3.8, 4) is 0 Å². The molecule has 1 N–H and O–H groups in total. The molecule has 4 nitrogen and oxygen atoms in total. The highest BCUT2D eigenvalue weighted by Gasteiger charge is 2.10. The third-order valence-corrected chi connectivity index (χ3v) is 3.13. The molecule has 1 amide bonds. The van der Waals surface area contributed by atoms with Gasteiger partial charge in [0.25, 0.3) is 0 Å². The number of rotatable bonds is 2. The van der Waals surface area contributed by atoms with Crippen LogP contribution in [0, 0.1) is 12.8 Å². The van der Waals surface area contributed by atoms with Crippen LogP contribution >= 0.6 is 11.3 Å². The summed E-state index contributed by atoms with van der Waals surface area (Å²) in [6.07, 6.45) is 0. The van der Waals surface area contributed by atoms with E-state index in [1.165, 1.54) is 0 Å². The van der Waals surface area contributed by atoms with Crippen molar-refractivity contribution in [3.63, 3.8) is 0 Å². The molecule has 0 saturated heterocycles. The summed E-state index contributed by atoms with van der Waals surface area (Å²) >= 11 is 1.62. The van der Waals surface area contributed by atoms with Crippen LogP contribution in [0.2, 0.25) is 0 Å². The minimum Gasteiger partial charge on any atom is -0.309 e. The lowest BCUT2D eigenvalue weighted by molar-refractivity contribution is -0.118. The molecule has 0 radical (unpaired) electrons. The molecule has 0 saturated carbocycles. The molecule has 2 aromatic heterocycles. The molecule has 0 aliphatic rings. The van der Waals surface area contributed by atoms with Crippen LogP contribution in [0.3, 0.4) is 0 Å². The molecule has 5 heteroatoms. The zero-order valence-corrected chi connectivity index (χ0v) is 9.76. The standard InChI is InChI=1S/C10H13N3OS/c1-6(2)10(14)11-8-4-9-13(12-8)7(3)5-15-9/h4-6H,1-3H3,(H,11,12,14). The lowest BCUT2D eigenvalue weighted by atomic mass is 10.2. The van der Waals surface area contributed by atoms with Crippen molar-refractivity contribution in [2.45, 2.75) is 20.8 Å². The van der Waals surface area contributed by atoms with E-state index in [1.807, 2.05) is 36.7 Å². The van der Waals surface area contributed by atoms with Crippen molar-refractivity contribution >= 4 is 27.9 Å². The molecule has 2 heterocycles. The fraction of sp³-hybridized carbons (Fsp3) is 0.400. The largest absolute Gasteiger partial charge is 0.309 e. The molecule has 80 valence electrons. The number of carbonyl (C=O) groups excluding carboxylic acids is 1. The number of hydrogen-bond acceptors (Lipinski definition) is 3. The van der Waals surface area contributed by atoms with Gasteiger partial charge in [-0.1, -0.05) is 13.8 Å². The first-order valence-corrected chi connectivity index (χ1v) is 5.70. The molecule has 0 unspecified atom stereocenters. The summed E-state index contributed by atoms with van der Waals surface area (Å²) in [6.45, 7) is 5.71. The highest BCUT2D eigenvalue weighted by molar-refractivity contribution is 7.15. The zero-order chi connectivity index (χ0) is 11.0. The van der Waals surface area contributed by atoms with Gasteiger partial charge in [-0.05, 0) is 6.92 Å². The van der Waals surface area contributed by atoms with Crippen LogP contribution in [0.4, 0.5) is 5.82 Å². The van der Waals surface area contributed by atoms with Crippen LogP contribution in [0.15, 0.2) is 11.4 Å². The predicted octanol–water partition coefficient (Wildman–Crippen LogP) is 2.30. The number of thiazole rings is 1. The fourth-order valence-corrected chi connectivity index (χ4v) is 2.08. The molecular weight excluding hydrogens is 210 g/mol. The Bertz CT molecular complexity index is 498. The van der Waals surface area contributed by atoms with Gasteiger partial charge in [0.1, 0.15) is 4.83 Å². The van der Waals surface area contributed by atoms with E-state index in [1.54, 1.807) is 11.3 Å². The van der Waals surface area contributed by atoms with Crippen molar-refractivity contribution in [2.24, 2.45) is 5.92 Å². The number of aromatic nitrogens is 2. The van der Waals surface area contributed by atoms with Gasteiger partial charge >= 0.3 is 0 Å². The normalized spacial score (nSPS) is 11.2. The molecule has 0 atom stereocenters. The number of nitrogens with one attached hydrogen (secondary N) is 1. The zero-order valence-electron chi connectivity index (χ0n) is 8.94. The molecule has 0 fully saturated rings. The second kappa shape index (κ2) is 3.66. The van der Waals surface area contributed by atoms with Crippen molar-refractivity contribution in [1.29, 1.82) is 0 Å². The third kappa shape index (κ3) is 1.87. The second-order valence-electron chi connectivity index (χ2n) is 3.80. The Hall–Kier alpha value is -1.36. The summed E-state index contributed by atoms with van der Waals surface area (Å²) in [7, 11) is 0. The van der Waals surface area contributed by atoms with Crippen LogP contribution in [0.1, 0.15) is 19.5 Å². The Labute approximate surface area is 91.9 Å². The number of carbonyl (C=O) groups is 1. The van der Waals surface area contributed by atoms with Gasteiger partial charge in [0.05, 0.1) is 5.69 Å². The number of hydrogen-bond donors (Lipinski definition) is 1. The lowest BCUT2D eigenvalue weighted by Gasteiger charge is -2.03. The van der Waals surface area contributed by atoms with Gasteiger partial charge in [0.2, 0.25) is 5.91 Å². The number of nitrogens with zero attached hydrogens (tertiary/aromatic N) is 2. The minimum atomic E-state index is -0.0224. The summed E-state index contributed by atoms with van der Waals surface area (Å²) in [6, 6.07) is 1.89. The Morgan fingerprint density at radius 1 is 1.60 bits per heavy atom. The molecule has 0 aliphatic heterocycles. The first-order chi connectivity index (χ1) is 7.08. The van der Waals surface area contributed by atoms with E-state index in [4.69, 9.17) is 0 Å². The van der Waals surface area contributed by atoms with Crippen LogP contribution in [0.25, 0.3) is 4.83 Å². The molecular formula is C10H13N3OS. The Balaban J connectivity index is 2.26. The average molecular weight is 223 g/mol. The molecule has 2 aromatic rings. The van der Waals surface area contributed by atoms with E-state index >= 15 is 0 Å². The van der Waals surface area contributed by atoms with Gasteiger partial charge < -0.3 is 5.32 Å². The number of aryl methyl sites for hydroxylation is 1. The van der Waals surface area contributed by atoms with Crippen molar-refractivity contribution in [2.75, 3.05) is 5.32 Å². The molecule has 15 heavy (non-hydrogen) atoms. The number of fused-ring (bicyclic) bond motifs is 1. The second-order valence-corrected chi connectivity index (χ2v) is 4.69. The quantitative estimate of drug-likeness (QED) is 0.849. The first kappa shape index (κ1) is 10.2. The lowest BCUT2D eigenvalue weighted by Crippen LogP contribution is -2.18. The number of amides is 1. The van der Waals surface area contributed by atoms with E-state index in [2.05, 4.69) is 10.4 Å². The van der Waals surface area contributed by atoms with E-state index in [-0.39, 0.29) is 11.8 Å². The van der Waals surface area contributed by atoms with Gasteiger partial charge in [-0.3, -0.25) is 4.79 Å². The minimum absolute atomic E-state index is 0.00148. The summed E-state index contributed by atoms with van der Waals surface area (Å²) < 4.78 is 1.83. The summed E-state index contributed by atoms with van der Waals surface area (Å²) in [5.74, 6) is 0.605. The Kier molecular flexibility index (Phi) is 2.48. The van der Waals surface area contributed by atoms with E-state index in [9.17, 15) is 4.79 Å². The fourth-order valence-electron chi connectivity index (χ4n) is 1.23. The van der Waals surface area contributed by atoms with E-state index in [0.717, 1.165) is 10.5 Å². The van der Waals surface area contributed by atoms with Crippen LogP contribution < -0.4 is 5.32 Å². The molecule has 0 spiro atoms. The molecule has 0 bridgehead atoms. The van der Waals surface area contributed by atoms with E-state index < -0.39 is 0 Å². The van der Waals surface area contributed by atoms with Gasteiger partial charge in [0, 0.05) is 17.4 Å². The topological polar surface area (TPSA) is 46.4 Å². The van der Waals surface area contributed by atoms with Crippen molar-refractivity contribution < 1.29 is 4.79 Å². The van der Waals surface area contributed by atoms with Gasteiger partial charge in [-0.25, -0.2) is 4.52 Å². The Morgan fingerprint density at radius 2 is 2.33 bits per heavy atom. The van der Waals surface area contributed by atoms with Crippen LogP contribution in [-0.4, -0.2) is 15.5 Å².